The smallest absolute Gasteiger partial charge is 0.272 e. The van der Waals surface area contributed by atoms with Crippen molar-refractivity contribution in [2.75, 3.05) is 6.54 Å². The van der Waals surface area contributed by atoms with Gasteiger partial charge in [0.15, 0.2) is 5.78 Å². The molecule has 6 nitrogen and oxygen atoms in total. The average molecular weight is 318 g/mol. The Kier molecular flexibility index (Phi) is 4.62. The van der Waals surface area contributed by atoms with Crippen LogP contribution in [0.1, 0.15) is 58.3 Å². The highest BCUT2D eigenvalue weighted by atomic mass is 32.1. The molecule has 1 N–H and O–H groups in total. The zero-order valence-electron chi connectivity index (χ0n) is 12.2. The fraction of sp³-hybridized carbons (Fsp3) is 0.467. The van der Waals surface area contributed by atoms with Crippen LogP contribution in [0.4, 0.5) is 0 Å². The number of rotatable bonds is 5. The lowest BCUT2D eigenvalue weighted by Crippen LogP contribution is -2.29. The second kappa shape index (κ2) is 6.83. The first-order valence-electron chi connectivity index (χ1n) is 7.49. The lowest BCUT2D eigenvalue weighted by atomic mass is 9.96. The van der Waals surface area contributed by atoms with E-state index in [2.05, 4.69) is 15.4 Å². The van der Waals surface area contributed by atoms with Crippen LogP contribution in [0, 0.1) is 0 Å². The Labute approximate surface area is 132 Å². The van der Waals surface area contributed by atoms with Gasteiger partial charge >= 0.3 is 0 Å². The highest BCUT2D eigenvalue weighted by Crippen LogP contribution is 2.27. The molecule has 0 aliphatic heterocycles. The van der Waals surface area contributed by atoms with E-state index < -0.39 is 0 Å². The summed E-state index contributed by atoms with van der Waals surface area (Å²) >= 11 is 1.27. The topological polar surface area (TPSA) is 76.9 Å². The molecule has 3 rings (SSSR count). The number of Topliss-reactive ketones (excluding diaryl/α,β-unsaturated/α-hetero) is 1. The van der Waals surface area contributed by atoms with Gasteiger partial charge in [0.25, 0.3) is 5.91 Å². The van der Waals surface area contributed by atoms with Crippen LogP contribution in [0.15, 0.2) is 24.0 Å². The number of thiazole rings is 1. The number of amides is 1. The molecule has 0 unspecified atom stereocenters. The van der Waals surface area contributed by atoms with Gasteiger partial charge < -0.3 is 5.32 Å². The molecular formula is C15H18N4O2S. The molecule has 1 aliphatic rings. The molecule has 0 saturated heterocycles. The summed E-state index contributed by atoms with van der Waals surface area (Å²) in [5.74, 6) is -0.449. The van der Waals surface area contributed by atoms with Crippen LogP contribution in [0.5, 0.6) is 0 Å². The minimum atomic E-state index is -0.313. The lowest BCUT2D eigenvalue weighted by molar-refractivity contribution is 0.0901. The summed E-state index contributed by atoms with van der Waals surface area (Å²) in [5, 5.41) is 6.98. The second-order valence-corrected chi connectivity index (χ2v) is 6.33. The molecule has 0 bridgehead atoms. The van der Waals surface area contributed by atoms with Gasteiger partial charge in [0, 0.05) is 12.4 Å². The van der Waals surface area contributed by atoms with Gasteiger partial charge in [-0.3, -0.25) is 19.3 Å². The fourth-order valence-corrected chi connectivity index (χ4v) is 3.26. The van der Waals surface area contributed by atoms with E-state index in [0.717, 1.165) is 12.8 Å². The number of carbonyl (C=O) groups excluding carboxylic acids is 2. The van der Waals surface area contributed by atoms with Crippen LogP contribution in [0.25, 0.3) is 0 Å². The van der Waals surface area contributed by atoms with E-state index in [9.17, 15) is 9.59 Å². The molecule has 2 aromatic heterocycles. The maximum Gasteiger partial charge on any atom is 0.272 e. The van der Waals surface area contributed by atoms with Gasteiger partial charge in [-0.1, -0.05) is 19.3 Å². The van der Waals surface area contributed by atoms with E-state index >= 15 is 0 Å². The van der Waals surface area contributed by atoms with Crippen molar-refractivity contribution in [3.8, 4) is 0 Å². The highest BCUT2D eigenvalue weighted by Gasteiger charge is 2.18. The van der Waals surface area contributed by atoms with E-state index in [1.165, 1.54) is 36.8 Å². The fourth-order valence-electron chi connectivity index (χ4n) is 2.70. The first kappa shape index (κ1) is 14.9. The highest BCUT2D eigenvalue weighted by molar-refractivity contribution is 7.11. The minimum Gasteiger partial charge on any atom is -0.343 e. The van der Waals surface area contributed by atoms with Crippen LogP contribution >= 0.6 is 11.3 Å². The third kappa shape index (κ3) is 3.41. The standard InChI is InChI=1S/C15H18N4O2S/c20-13(14-9-16-10-22-14)8-17-15(21)12-6-7-19(18-12)11-4-2-1-3-5-11/h6-7,9-11H,1-5,8H2,(H,17,21). The Morgan fingerprint density at radius 2 is 2.14 bits per heavy atom. The van der Waals surface area contributed by atoms with Gasteiger partial charge in [-0.15, -0.1) is 11.3 Å². The van der Waals surface area contributed by atoms with Gasteiger partial charge in [0.05, 0.1) is 23.0 Å². The monoisotopic (exact) mass is 318 g/mol. The van der Waals surface area contributed by atoms with Crippen molar-refractivity contribution in [2.45, 2.75) is 38.1 Å². The summed E-state index contributed by atoms with van der Waals surface area (Å²) in [6.07, 6.45) is 9.32. The van der Waals surface area contributed by atoms with Crippen molar-refractivity contribution in [3.05, 3.63) is 34.5 Å². The van der Waals surface area contributed by atoms with E-state index in [1.54, 1.807) is 11.6 Å². The van der Waals surface area contributed by atoms with Crippen LogP contribution in [0.2, 0.25) is 0 Å². The number of carbonyl (C=O) groups is 2. The van der Waals surface area contributed by atoms with Gasteiger partial charge in [-0.05, 0) is 18.9 Å². The number of hydrogen-bond donors (Lipinski definition) is 1. The molecule has 0 spiro atoms. The molecule has 116 valence electrons. The normalized spacial score (nSPS) is 15.6. The van der Waals surface area contributed by atoms with Crippen molar-refractivity contribution < 1.29 is 9.59 Å². The van der Waals surface area contributed by atoms with Crippen LogP contribution in [-0.2, 0) is 0 Å². The van der Waals surface area contributed by atoms with Crippen molar-refractivity contribution in [3.63, 3.8) is 0 Å². The van der Waals surface area contributed by atoms with E-state index in [4.69, 9.17) is 0 Å². The summed E-state index contributed by atoms with van der Waals surface area (Å²) in [4.78, 5) is 28.3. The van der Waals surface area contributed by atoms with Crippen molar-refractivity contribution >= 4 is 23.0 Å². The van der Waals surface area contributed by atoms with Crippen molar-refractivity contribution in [2.24, 2.45) is 0 Å². The van der Waals surface area contributed by atoms with Gasteiger partial charge in [0.1, 0.15) is 5.69 Å². The Morgan fingerprint density at radius 3 is 2.86 bits per heavy atom. The van der Waals surface area contributed by atoms with Crippen LogP contribution in [-0.4, -0.2) is 33.0 Å². The SMILES string of the molecule is O=C(NCC(=O)c1cncs1)c1ccn(C2CCCCC2)n1. The Bertz CT molecular complexity index is 644. The molecule has 2 aromatic rings. The number of hydrogen-bond acceptors (Lipinski definition) is 5. The first-order valence-corrected chi connectivity index (χ1v) is 8.37. The van der Waals surface area contributed by atoms with E-state index in [0.29, 0.717) is 16.6 Å². The number of nitrogens with one attached hydrogen (secondary N) is 1. The quantitative estimate of drug-likeness (QED) is 0.859. The predicted molar refractivity (Wildman–Crippen MR) is 83.1 cm³/mol. The summed E-state index contributed by atoms with van der Waals surface area (Å²) in [6, 6.07) is 2.11. The third-order valence-corrected chi connectivity index (χ3v) is 4.72. The summed E-state index contributed by atoms with van der Waals surface area (Å²) in [6.45, 7) is -0.0304. The van der Waals surface area contributed by atoms with Gasteiger partial charge in [-0.25, -0.2) is 0 Å². The molecule has 1 aliphatic carbocycles. The van der Waals surface area contributed by atoms with E-state index in [-0.39, 0.29) is 18.2 Å². The molecule has 0 radical (unpaired) electrons. The molecule has 7 heteroatoms. The second-order valence-electron chi connectivity index (χ2n) is 5.44. The van der Waals surface area contributed by atoms with Crippen LogP contribution < -0.4 is 5.32 Å². The molecular weight excluding hydrogens is 300 g/mol. The molecule has 2 heterocycles. The number of aromatic nitrogens is 3. The number of nitrogens with zero attached hydrogens (tertiary/aromatic N) is 3. The first-order chi connectivity index (χ1) is 10.7. The number of ketones is 1. The Balaban J connectivity index is 1.56. The molecule has 0 atom stereocenters. The minimum absolute atomic E-state index is 0.0304. The summed E-state index contributed by atoms with van der Waals surface area (Å²) < 4.78 is 1.89. The molecule has 1 fully saturated rings. The zero-order valence-corrected chi connectivity index (χ0v) is 13.0. The third-order valence-electron chi connectivity index (χ3n) is 3.91. The maximum atomic E-state index is 12.1. The molecule has 1 amide bonds. The summed E-state index contributed by atoms with van der Waals surface area (Å²) in [7, 11) is 0. The maximum absolute atomic E-state index is 12.1. The van der Waals surface area contributed by atoms with Gasteiger partial charge in [-0.2, -0.15) is 5.10 Å². The zero-order chi connectivity index (χ0) is 15.4. The molecule has 0 aromatic carbocycles. The predicted octanol–water partition coefficient (Wildman–Crippen LogP) is 2.46. The Hall–Kier alpha value is -2.02. The molecule has 1 saturated carbocycles. The van der Waals surface area contributed by atoms with Crippen molar-refractivity contribution in [1.29, 1.82) is 0 Å². The largest absolute Gasteiger partial charge is 0.343 e. The average Bonchev–Trinajstić information content (AvgIpc) is 3.24. The Morgan fingerprint density at radius 1 is 1.32 bits per heavy atom. The van der Waals surface area contributed by atoms with Gasteiger partial charge in [0.2, 0.25) is 0 Å². The van der Waals surface area contributed by atoms with Crippen molar-refractivity contribution in [1.82, 2.24) is 20.1 Å². The van der Waals surface area contributed by atoms with E-state index in [1.807, 2.05) is 10.9 Å². The molecule has 22 heavy (non-hydrogen) atoms. The summed E-state index contributed by atoms with van der Waals surface area (Å²) in [5.41, 5.74) is 1.96. The lowest BCUT2D eigenvalue weighted by Gasteiger charge is -2.21. The van der Waals surface area contributed by atoms with Crippen LogP contribution in [0.3, 0.4) is 0 Å².